The summed E-state index contributed by atoms with van der Waals surface area (Å²) in [6.45, 7) is 0.470. The number of phenols is 1. The molecule has 0 heterocycles. The number of carboxylic acid groups (broad SMARTS) is 2. The number of benzene rings is 1. The van der Waals surface area contributed by atoms with Crippen LogP contribution in [0.3, 0.4) is 0 Å². The van der Waals surface area contributed by atoms with Crippen LogP contribution in [-0.4, -0.2) is 88.2 Å². The highest BCUT2D eigenvalue weighted by Gasteiger charge is 2.30. The molecule has 0 saturated carbocycles. The van der Waals surface area contributed by atoms with E-state index >= 15 is 0 Å². The number of nitrogens with one attached hydrogen (secondary N) is 3. The number of phenolic OH excluding ortho intramolecular Hbond substituents is 1. The van der Waals surface area contributed by atoms with Gasteiger partial charge in [0.25, 0.3) is 0 Å². The number of carbonyl (C=O) groups excluding carboxylic acids is 3. The van der Waals surface area contributed by atoms with E-state index in [-0.39, 0.29) is 50.4 Å². The van der Waals surface area contributed by atoms with Gasteiger partial charge in [-0.25, -0.2) is 4.79 Å². The molecule has 0 bridgehead atoms. The van der Waals surface area contributed by atoms with Gasteiger partial charge in [0, 0.05) is 13.0 Å². The summed E-state index contributed by atoms with van der Waals surface area (Å²) < 4.78 is 0. The van der Waals surface area contributed by atoms with E-state index in [1.54, 1.807) is 12.1 Å². The standard InChI is InChI=1S/C26H42N8O8/c27-12-2-1-4-18(32-22(38)17(28)14-15-6-8-16(35)9-7-15)23(39)33-19(5-3-13-31-26(29)30)24(40)34-20(25(41)42)10-11-21(36)37/h6-9,17-20,35H,1-5,10-14,27-28H2,(H,32,38)(H,33,39)(H,34,40)(H,36,37)(H,41,42)(H4,29,30,31). The van der Waals surface area contributed by atoms with Crippen molar-refractivity contribution in [1.29, 1.82) is 0 Å². The van der Waals surface area contributed by atoms with E-state index in [1.165, 1.54) is 12.1 Å². The zero-order valence-corrected chi connectivity index (χ0v) is 23.3. The summed E-state index contributed by atoms with van der Waals surface area (Å²) >= 11 is 0. The van der Waals surface area contributed by atoms with E-state index < -0.39 is 60.2 Å². The average Bonchev–Trinajstić information content (AvgIpc) is 2.92. The third-order valence-corrected chi connectivity index (χ3v) is 6.15. The first-order valence-corrected chi connectivity index (χ1v) is 13.5. The number of nitrogens with two attached hydrogens (primary N) is 4. The molecule has 0 aliphatic rings. The number of hydrogen-bond donors (Lipinski definition) is 10. The second kappa shape index (κ2) is 18.8. The monoisotopic (exact) mass is 594 g/mol. The molecule has 0 aliphatic carbocycles. The van der Waals surface area contributed by atoms with Crippen molar-refractivity contribution in [1.82, 2.24) is 16.0 Å². The maximum Gasteiger partial charge on any atom is 0.326 e. The highest BCUT2D eigenvalue weighted by Crippen LogP contribution is 2.12. The fraction of sp³-hybridized carbons (Fsp3) is 0.538. The van der Waals surface area contributed by atoms with E-state index in [0.29, 0.717) is 24.9 Å². The van der Waals surface area contributed by atoms with Crippen LogP contribution < -0.4 is 38.9 Å². The Hall–Kier alpha value is -4.44. The van der Waals surface area contributed by atoms with Gasteiger partial charge in [-0.1, -0.05) is 12.1 Å². The van der Waals surface area contributed by atoms with Crippen molar-refractivity contribution in [3.63, 3.8) is 0 Å². The van der Waals surface area contributed by atoms with Crippen molar-refractivity contribution < 1.29 is 39.3 Å². The Labute approximate surface area is 243 Å². The predicted octanol–water partition coefficient (Wildman–Crippen LogP) is -2.15. The molecule has 4 unspecified atom stereocenters. The van der Waals surface area contributed by atoms with Gasteiger partial charge in [-0.05, 0) is 69.2 Å². The van der Waals surface area contributed by atoms with Gasteiger partial charge in [0.05, 0.1) is 6.04 Å². The number of rotatable bonds is 20. The third kappa shape index (κ3) is 14.3. The summed E-state index contributed by atoms with van der Waals surface area (Å²) in [7, 11) is 0. The number of unbranched alkanes of at least 4 members (excludes halogenated alkanes) is 1. The molecular weight excluding hydrogens is 552 g/mol. The van der Waals surface area contributed by atoms with Gasteiger partial charge in [0.15, 0.2) is 5.96 Å². The summed E-state index contributed by atoms with van der Waals surface area (Å²) in [5.41, 5.74) is 23.0. The second-order valence-electron chi connectivity index (χ2n) is 9.66. The lowest BCUT2D eigenvalue weighted by Gasteiger charge is -2.25. The van der Waals surface area contributed by atoms with Crippen LogP contribution in [-0.2, 0) is 30.4 Å². The number of aliphatic imine (C=N–C) groups is 1. The first-order valence-electron chi connectivity index (χ1n) is 13.5. The lowest BCUT2D eigenvalue weighted by Crippen LogP contribution is -2.57. The molecular formula is C26H42N8O8. The van der Waals surface area contributed by atoms with Crippen LogP contribution >= 0.6 is 0 Å². The lowest BCUT2D eigenvalue weighted by molar-refractivity contribution is -0.143. The van der Waals surface area contributed by atoms with E-state index in [2.05, 4.69) is 20.9 Å². The molecule has 14 N–H and O–H groups in total. The number of amides is 3. The fourth-order valence-electron chi connectivity index (χ4n) is 3.86. The van der Waals surface area contributed by atoms with Crippen molar-refractivity contribution in [2.75, 3.05) is 13.1 Å². The largest absolute Gasteiger partial charge is 0.508 e. The molecule has 42 heavy (non-hydrogen) atoms. The summed E-state index contributed by atoms with van der Waals surface area (Å²) in [6, 6.07) is 1.26. The van der Waals surface area contributed by atoms with E-state index in [1.807, 2.05) is 0 Å². The van der Waals surface area contributed by atoms with Gasteiger partial charge in [0.2, 0.25) is 17.7 Å². The molecule has 1 aromatic carbocycles. The summed E-state index contributed by atoms with van der Waals surface area (Å²) in [4.78, 5) is 65.6. The highest BCUT2D eigenvalue weighted by atomic mass is 16.4. The van der Waals surface area contributed by atoms with Crippen molar-refractivity contribution in [2.24, 2.45) is 27.9 Å². The molecule has 0 radical (unpaired) electrons. The molecule has 1 rings (SSSR count). The van der Waals surface area contributed by atoms with Crippen LogP contribution in [0.2, 0.25) is 0 Å². The predicted molar refractivity (Wildman–Crippen MR) is 153 cm³/mol. The molecule has 4 atom stereocenters. The quantitative estimate of drug-likeness (QED) is 0.0439. The van der Waals surface area contributed by atoms with Crippen LogP contribution in [0.15, 0.2) is 29.3 Å². The van der Waals surface area contributed by atoms with Crippen LogP contribution in [0.4, 0.5) is 0 Å². The van der Waals surface area contributed by atoms with Crippen LogP contribution in [0.1, 0.15) is 50.5 Å². The first-order chi connectivity index (χ1) is 19.8. The summed E-state index contributed by atoms with van der Waals surface area (Å²) in [5, 5.41) is 35.2. The average molecular weight is 595 g/mol. The highest BCUT2D eigenvalue weighted by molar-refractivity contribution is 5.94. The minimum absolute atomic E-state index is 0.00343. The molecule has 1 aromatic rings. The van der Waals surface area contributed by atoms with Gasteiger partial charge in [0.1, 0.15) is 23.9 Å². The number of nitrogens with zero attached hydrogens (tertiary/aromatic N) is 1. The Kier molecular flexibility index (Phi) is 15.9. The second-order valence-corrected chi connectivity index (χ2v) is 9.66. The van der Waals surface area contributed by atoms with Crippen molar-refractivity contribution >= 4 is 35.6 Å². The summed E-state index contributed by atoms with van der Waals surface area (Å²) in [6.07, 6.45) is 0.699. The normalized spacial score (nSPS) is 13.6. The number of guanidine groups is 1. The SMILES string of the molecule is NCCCCC(NC(=O)C(N)Cc1ccc(O)cc1)C(=O)NC(CCCN=C(N)N)C(=O)NC(CCC(=O)O)C(=O)O. The van der Waals surface area contributed by atoms with Crippen LogP contribution in [0.25, 0.3) is 0 Å². The fourth-order valence-corrected chi connectivity index (χ4v) is 3.86. The maximum absolute atomic E-state index is 13.3. The zero-order chi connectivity index (χ0) is 31.7. The zero-order valence-electron chi connectivity index (χ0n) is 23.3. The molecule has 234 valence electrons. The molecule has 3 amide bonds. The molecule has 0 fully saturated rings. The molecule has 0 spiro atoms. The number of hydrogen-bond acceptors (Lipinski definition) is 9. The number of aliphatic carboxylic acids is 2. The van der Waals surface area contributed by atoms with Gasteiger partial charge < -0.3 is 54.2 Å². The van der Waals surface area contributed by atoms with E-state index in [9.17, 15) is 34.2 Å². The van der Waals surface area contributed by atoms with Crippen LogP contribution in [0, 0.1) is 0 Å². The Morgan fingerprint density at radius 1 is 0.786 bits per heavy atom. The molecule has 0 saturated heterocycles. The van der Waals surface area contributed by atoms with E-state index in [4.69, 9.17) is 28.0 Å². The number of carboxylic acids is 2. The minimum Gasteiger partial charge on any atom is -0.508 e. The first kappa shape index (κ1) is 35.6. The Morgan fingerprint density at radius 3 is 1.86 bits per heavy atom. The van der Waals surface area contributed by atoms with Crippen molar-refractivity contribution in [2.45, 2.75) is 75.5 Å². The van der Waals surface area contributed by atoms with E-state index in [0.717, 1.165) is 0 Å². The minimum atomic E-state index is -1.51. The maximum atomic E-state index is 13.3. The topological polar surface area (TPSA) is 299 Å². The molecule has 0 aliphatic heterocycles. The number of carbonyl (C=O) groups is 5. The number of aromatic hydroxyl groups is 1. The van der Waals surface area contributed by atoms with Crippen molar-refractivity contribution in [3.8, 4) is 5.75 Å². The molecule has 0 aromatic heterocycles. The Bertz CT molecular complexity index is 1080. The van der Waals surface area contributed by atoms with Gasteiger partial charge in [-0.2, -0.15) is 0 Å². The lowest BCUT2D eigenvalue weighted by atomic mass is 10.0. The molecule has 16 heteroatoms. The van der Waals surface area contributed by atoms with Crippen LogP contribution in [0.5, 0.6) is 5.75 Å². The van der Waals surface area contributed by atoms with Gasteiger partial charge in [-0.3, -0.25) is 24.2 Å². The summed E-state index contributed by atoms with van der Waals surface area (Å²) in [5.74, 6) is -4.99. The van der Waals surface area contributed by atoms with Crippen molar-refractivity contribution in [3.05, 3.63) is 29.8 Å². The Balaban J connectivity index is 3.05. The van der Waals surface area contributed by atoms with Gasteiger partial charge >= 0.3 is 11.9 Å². The smallest absolute Gasteiger partial charge is 0.326 e. The third-order valence-electron chi connectivity index (χ3n) is 6.15. The molecule has 16 nitrogen and oxygen atoms in total. The Morgan fingerprint density at radius 2 is 1.33 bits per heavy atom. The van der Waals surface area contributed by atoms with Gasteiger partial charge in [-0.15, -0.1) is 0 Å².